The number of para-hydroxylation sites is 1. The minimum absolute atomic E-state index is 0.0282. The van der Waals surface area contributed by atoms with Gasteiger partial charge in [0.2, 0.25) is 6.79 Å². The van der Waals surface area contributed by atoms with E-state index >= 15 is 0 Å². The normalized spacial score (nSPS) is 12.3. The van der Waals surface area contributed by atoms with Crippen LogP contribution in [0.25, 0.3) is 10.9 Å². The molecule has 4 aromatic rings. The minimum atomic E-state index is -0.146. The van der Waals surface area contributed by atoms with E-state index in [-0.39, 0.29) is 23.9 Å². The number of hydrogen-bond donors (Lipinski definition) is 0. The third kappa shape index (κ3) is 4.16. The fourth-order valence-corrected chi connectivity index (χ4v) is 4.63. The highest BCUT2D eigenvalue weighted by Crippen LogP contribution is 2.33. The number of ether oxygens (including phenoxy) is 2. The molecule has 6 nitrogen and oxygen atoms in total. The molecule has 0 amide bonds. The zero-order valence-electron chi connectivity index (χ0n) is 16.8. The smallest absolute Gasteiger partial charge is 0.262 e. The van der Waals surface area contributed by atoms with E-state index in [9.17, 15) is 9.59 Å². The van der Waals surface area contributed by atoms with Crippen molar-refractivity contribution >= 4 is 44.4 Å². The van der Waals surface area contributed by atoms with Crippen molar-refractivity contribution in [3.05, 3.63) is 92.7 Å². The van der Waals surface area contributed by atoms with E-state index in [2.05, 4.69) is 15.9 Å². The molecule has 0 unspecified atom stereocenters. The average molecular weight is 509 g/mol. The minimum Gasteiger partial charge on any atom is -0.454 e. The molecule has 160 valence electrons. The van der Waals surface area contributed by atoms with Crippen LogP contribution in [0.4, 0.5) is 0 Å². The molecule has 8 heteroatoms. The highest BCUT2D eigenvalue weighted by molar-refractivity contribution is 9.10. The van der Waals surface area contributed by atoms with Crippen LogP contribution in [0.1, 0.15) is 15.9 Å². The fraction of sp³-hybridized carbons (Fsp3) is 0.125. The van der Waals surface area contributed by atoms with E-state index in [4.69, 9.17) is 14.5 Å². The van der Waals surface area contributed by atoms with Crippen molar-refractivity contribution in [2.45, 2.75) is 11.7 Å². The van der Waals surface area contributed by atoms with Crippen molar-refractivity contribution < 1.29 is 14.3 Å². The number of carbonyl (C=O) groups excluding carboxylic acids is 1. The molecule has 5 rings (SSSR count). The van der Waals surface area contributed by atoms with Crippen LogP contribution in [0, 0.1) is 0 Å². The SMILES string of the molecule is O=C(CSc1nc2ccccc2c(=O)n1Cc1ccc2c(c1)OCO2)c1ccc(Br)cc1. The second kappa shape index (κ2) is 8.80. The number of fused-ring (bicyclic) bond motifs is 2. The number of ketones is 1. The van der Waals surface area contributed by atoms with Crippen molar-refractivity contribution in [2.24, 2.45) is 0 Å². The van der Waals surface area contributed by atoms with Gasteiger partial charge in [0.15, 0.2) is 22.4 Å². The van der Waals surface area contributed by atoms with Crippen LogP contribution in [0.2, 0.25) is 0 Å². The number of halogens is 1. The Morgan fingerprint density at radius 1 is 1.03 bits per heavy atom. The summed E-state index contributed by atoms with van der Waals surface area (Å²) in [5.74, 6) is 1.49. The lowest BCUT2D eigenvalue weighted by Gasteiger charge is -2.13. The van der Waals surface area contributed by atoms with Gasteiger partial charge < -0.3 is 9.47 Å². The molecule has 1 aliphatic rings. The molecule has 0 spiro atoms. The number of Topliss-reactive ketones (excluding diaryl/α,β-unsaturated/α-hetero) is 1. The molecule has 3 aromatic carbocycles. The fourth-order valence-electron chi connectivity index (χ4n) is 3.47. The molecule has 0 atom stereocenters. The number of rotatable bonds is 6. The van der Waals surface area contributed by atoms with Gasteiger partial charge in [0.1, 0.15) is 0 Å². The van der Waals surface area contributed by atoms with Gasteiger partial charge in [0.25, 0.3) is 5.56 Å². The number of carbonyl (C=O) groups is 1. The molecular weight excluding hydrogens is 492 g/mol. The Morgan fingerprint density at radius 3 is 2.66 bits per heavy atom. The summed E-state index contributed by atoms with van der Waals surface area (Å²) >= 11 is 4.64. The number of aromatic nitrogens is 2. The molecule has 2 heterocycles. The second-order valence-electron chi connectivity index (χ2n) is 7.21. The first kappa shape index (κ1) is 20.8. The quantitative estimate of drug-likeness (QED) is 0.209. The van der Waals surface area contributed by atoms with Gasteiger partial charge in [-0.1, -0.05) is 58.0 Å². The lowest BCUT2D eigenvalue weighted by molar-refractivity contribution is 0.102. The highest BCUT2D eigenvalue weighted by atomic mass is 79.9. The molecular formula is C24H17BrN2O4S. The lowest BCUT2D eigenvalue weighted by atomic mass is 10.2. The number of benzene rings is 3. The van der Waals surface area contributed by atoms with Gasteiger partial charge in [-0.2, -0.15) is 0 Å². The van der Waals surface area contributed by atoms with Gasteiger partial charge in [-0.25, -0.2) is 4.98 Å². The summed E-state index contributed by atoms with van der Waals surface area (Å²) in [5, 5.41) is 1.04. The summed E-state index contributed by atoms with van der Waals surface area (Å²) in [6.45, 7) is 0.498. The first-order valence-electron chi connectivity index (χ1n) is 9.88. The van der Waals surface area contributed by atoms with E-state index in [1.54, 1.807) is 22.8 Å². The molecule has 0 N–H and O–H groups in total. The molecule has 32 heavy (non-hydrogen) atoms. The van der Waals surface area contributed by atoms with E-state index in [1.807, 2.05) is 48.5 Å². The Kier molecular flexibility index (Phi) is 5.71. The summed E-state index contributed by atoms with van der Waals surface area (Å²) in [4.78, 5) is 30.7. The zero-order valence-corrected chi connectivity index (χ0v) is 19.2. The molecule has 1 aromatic heterocycles. The maximum absolute atomic E-state index is 13.3. The third-order valence-electron chi connectivity index (χ3n) is 5.10. The summed E-state index contributed by atoms with van der Waals surface area (Å²) in [7, 11) is 0. The van der Waals surface area contributed by atoms with Gasteiger partial charge in [0.05, 0.1) is 23.2 Å². The van der Waals surface area contributed by atoms with E-state index in [0.717, 1.165) is 10.0 Å². The van der Waals surface area contributed by atoms with E-state index in [1.165, 1.54) is 11.8 Å². The maximum atomic E-state index is 13.3. The van der Waals surface area contributed by atoms with E-state index < -0.39 is 0 Å². The Labute approximate surface area is 196 Å². The lowest BCUT2D eigenvalue weighted by Crippen LogP contribution is -2.24. The predicted octanol–water partition coefficient (Wildman–Crippen LogP) is 4.91. The van der Waals surface area contributed by atoms with Crippen LogP contribution in [-0.4, -0.2) is 27.9 Å². The van der Waals surface area contributed by atoms with Crippen LogP contribution in [0.5, 0.6) is 11.5 Å². The van der Waals surface area contributed by atoms with Crippen LogP contribution >= 0.6 is 27.7 Å². The number of thioether (sulfide) groups is 1. The van der Waals surface area contributed by atoms with Crippen molar-refractivity contribution in [3.8, 4) is 11.5 Å². The molecule has 0 aliphatic carbocycles. The molecule has 1 aliphatic heterocycles. The monoisotopic (exact) mass is 508 g/mol. The van der Waals surface area contributed by atoms with Crippen molar-refractivity contribution in [1.82, 2.24) is 9.55 Å². The van der Waals surface area contributed by atoms with Crippen molar-refractivity contribution in [1.29, 1.82) is 0 Å². The van der Waals surface area contributed by atoms with Crippen LogP contribution < -0.4 is 15.0 Å². The number of hydrogen-bond acceptors (Lipinski definition) is 6. The molecule has 0 saturated carbocycles. The summed E-state index contributed by atoms with van der Waals surface area (Å²) in [5.41, 5.74) is 1.96. The molecule has 0 radical (unpaired) electrons. The zero-order chi connectivity index (χ0) is 22.1. The van der Waals surface area contributed by atoms with Gasteiger partial charge in [-0.05, 0) is 42.0 Å². The Balaban J connectivity index is 1.48. The van der Waals surface area contributed by atoms with E-state index in [0.29, 0.717) is 39.7 Å². The predicted molar refractivity (Wildman–Crippen MR) is 127 cm³/mol. The van der Waals surface area contributed by atoms with Gasteiger partial charge in [-0.3, -0.25) is 14.2 Å². The molecule has 0 fully saturated rings. The topological polar surface area (TPSA) is 70.4 Å². The summed E-state index contributed by atoms with van der Waals surface area (Å²) in [6.07, 6.45) is 0. The molecule has 0 bridgehead atoms. The summed E-state index contributed by atoms with van der Waals surface area (Å²) < 4.78 is 13.4. The van der Waals surface area contributed by atoms with Crippen LogP contribution in [-0.2, 0) is 6.54 Å². The van der Waals surface area contributed by atoms with Gasteiger partial charge in [-0.15, -0.1) is 0 Å². The second-order valence-corrected chi connectivity index (χ2v) is 9.07. The Morgan fingerprint density at radius 2 is 1.81 bits per heavy atom. The summed E-state index contributed by atoms with van der Waals surface area (Å²) in [6, 6.07) is 20.1. The Bertz CT molecular complexity index is 1390. The molecule has 0 saturated heterocycles. The third-order valence-corrected chi connectivity index (χ3v) is 6.61. The van der Waals surface area contributed by atoms with Crippen molar-refractivity contribution in [2.75, 3.05) is 12.5 Å². The Hall–Kier alpha value is -3.10. The first-order valence-corrected chi connectivity index (χ1v) is 11.7. The van der Waals surface area contributed by atoms with Crippen molar-refractivity contribution in [3.63, 3.8) is 0 Å². The number of nitrogens with zero attached hydrogens (tertiary/aromatic N) is 2. The van der Waals surface area contributed by atoms with Gasteiger partial charge >= 0.3 is 0 Å². The van der Waals surface area contributed by atoms with Crippen LogP contribution in [0.15, 0.2) is 81.2 Å². The van der Waals surface area contributed by atoms with Crippen LogP contribution in [0.3, 0.4) is 0 Å². The standard InChI is InChI=1S/C24H17BrN2O4S/c25-17-8-6-16(7-9-17)20(28)13-32-24-26-19-4-2-1-3-18(19)23(29)27(24)12-15-5-10-21-22(11-15)31-14-30-21/h1-11H,12-14H2. The average Bonchev–Trinajstić information content (AvgIpc) is 3.28. The highest BCUT2D eigenvalue weighted by Gasteiger charge is 2.17. The largest absolute Gasteiger partial charge is 0.454 e. The maximum Gasteiger partial charge on any atom is 0.262 e. The first-order chi connectivity index (χ1) is 15.6. The van der Waals surface area contributed by atoms with Gasteiger partial charge in [0, 0.05) is 10.0 Å².